The number of benzene rings is 1. The third kappa shape index (κ3) is 3.73. The van der Waals surface area contributed by atoms with E-state index in [0.717, 1.165) is 34.5 Å². The molecule has 21 heavy (non-hydrogen) atoms. The summed E-state index contributed by atoms with van der Waals surface area (Å²) in [7, 11) is 0. The van der Waals surface area contributed by atoms with Gasteiger partial charge in [-0.25, -0.2) is 9.97 Å². The largest absolute Gasteiger partial charge is 0.341 e. The molecule has 0 radical (unpaired) electrons. The summed E-state index contributed by atoms with van der Waals surface area (Å²) in [6.07, 6.45) is 2.78. The molecule has 6 heteroatoms. The van der Waals surface area contributed by atoms with E-state index in [1.54, 1.807) is 0 Å². The Hall–Kier alpha value is -1.62. The van der Waals surface area contributed by atoms with Crippen LogP contribution in [-0.2, 0) is 6.42 Å². The van der Waals surface area contributed by atoms with Crippen LogP contribution in [0.2, 0.25) is 0 Å². The van der Waals surface area contributed by atoms with E-state index in [0.29, 0.717) is 6.54 Å². The lowest BCUT2D eigenvalue weighted by atomic mass is 10.0. The standard InChI is InChI=1S/C15H16N4.2ClH/c1-10-18-14-8-13(9-17-15(14)19-10)12-4-2-11(3-5-12)6-7-16;;/h2-5,8-9H,6-7,16H2,1H3,(H,17,18,19);2*1H. The number of fused-ring (bicyclic) bond motifs is 1. The predicted molar refractivity (Wildman–Crippen MR) is 91.3 cm³/mol. The second-order valence-corrected chi connectivity index (χ2v) is 4.65. The normalized spacial score (nSPS) is 10.0. The highest BCUT2D eigenvalue weighted by atomic mass is 35.5. The molecule has 0 amide bonds. The van der Waals surface area contributed by atoms with Crippen LogP contribution in [0.5, 0.6) is 0 Å². The maximum atomic E-state index is 5.55. The van der Waals surface area contributed by atoms with Gasteiger partial charge in [-0.3, -0.25) is 0 Å². The van der Waals surface area contributed by atoms with Crippen LogP contribution < -0.4 is 5.73 Å². The van der Waals surface area contributed by atoms with Gasteiger partial charge in [-0.15, -0.1) is 24.8 Å². The molecule has 0 spiro atoms. The zero-order valence-electron chi connectivity index (χ0n) is 11.7. The van der Waals surface area contributed by atoms with Gasteiger partial charge in [-0.1, -0.05) is 24.3 Å². The van der Waals surface area contributed by atoms with Gasteiger partial charge in [0.05, 0.1) is 5.52 Å². The molecule has 4 nitrogen and oxygen atoms in total. The van der Waals surface area contributed by atoms with Crippen molar-refractivity contribution in [1.82, 2.24) is 15.0 Å². The van der Waals surface area contributed by atoms with Crippen molar-refractivity contribution in [1.29, 1.82) is 0 Å². The van der Waals surface area contributed by atoms with Crippen LogP contribution in [0.15, 0.2) is 36.5 Å². The lowest BCUT2D eigenvalue weighted by molar-refractivity contribution is 0.969. The van der Waals surface area contributed by atoms with E-state index in [-0.39, 0.29) is 24.8 Å². The average molecular weight is 325 g/mol. The van der Waals surface area contributed by atoms with Gasteiger partial charge in [0.2, 0.25) is 0 Å². The first-order valence-corrected chi connectivity index (χ1v) is 6.38. The Morgan fingerprint density at radius 1 is 1.10 bits per heavy atom. The topological polar surface area (TPSA) is 67.6 Å². The highest BCUT2D eigenvalue weighted by molar-refractivity contribution is 5.85. The van der Waals surface area contributed by atoms with Gasteiger partial charge in [0.1, 0.15) is 5.82 Å². The Kier molecular flexibility index (Phi) is 6.15. The zero-order valence-corrected chi connectivity index (χ0v) is 13.3. The Balaban J connectivity index is 0.00000110. The molecular formula is C15H18Cl2N4. The van der Waals surface area contributed by atoms with E-state index < -0.39 is 0 Å². The van der Waals surface area contributed by atoms with Crippen LogP contribution >= 0.6 is 24.8 Å². The minimum absolute atomic E-state index is 0. The molecule has 1 aromatic carbocycles. The van der Waals surface area contributed by atoms with Crippen LogP contribution in [0.25, 0.3) is 22.3 Å². The predicted octanol–water partition coefficient (Wildman–Crippen LogP) is 3.28. The summed E-state index contributed by atoms with van der Waals surface area (Å²) in [5.41, 5.74) is 10.8. The van der Waals surface area contributed by atoms with Gasteiger partial charge in [-0.2, -0.15) is 0 Å². The van der Waals surface area contributed by atoms with Crippen LogP contribution in [0.1, 0.15) is 11.4 Å². The third-order valence-corrected chi connectivity index (χ3v) is 3.18. The molecule has 0 unspecified atom stereocenters. The van der Waals surface area contributed by atoms with Gasteiger partial charge in [-0.05, 0) is 37.1 Å². The van der Waals surface area contributed by atoms with Crippen molar-refractivity contribution in [3.05, 3.63) is 47.9 Å². The molecule has 0 fully saturated rings. The van der Waals surface area contributed by atoms with Crippen molar-refractivity contribution in [2.45, 2.75) is 13.3 Å². The number of pyridine rings is 1. The molecule has 0 saturated carbocycles. The second kappa shape index (κ2) is 7.41. The number of imidazole rings is 1. The van der Waals surface area contributed by atoms with Crippen molar-refractivity contribution in [3.8, 4) is 11.1 Å². The first kappa shape index (κ1) is 17.4. The van der Waals surface area contributed by atoms with E-state index in [4.69, 9.17) is 5.73 Å². The van der Waals surface area contributed by atoms with E-state index in [9.17, 15) is 0 Å². The second-order valence-electron chi connectivity index (χ2n) is 4.65. The van der Waals surface area contributed by atoms with E-state index in [1.165, 1.54) is 5.56 Å². The van der Waals surface area contributed by atoms with Crippen LogP contribution in [0.3, 0.4) is 0 Å². The van der Waals surface area contributed by atoms with Gasteiger partial charge < -0.3 is 10.7 Å². The van der Waals surface area contributed by atoms with Crippen molar-refractivity contribution >= 4 is 36.0 Å². The molecule has 3 N–H and O–H groups in total. The Morgan fingerprint density at radius 3 is 2.48 bits per heavy atom. The molecule has 2 aromatic heterocycles. The molecule has 0 aliphatic heterocycles. The molecule has 0 atom stereocenters. The number of nitrogens with one attached hydrogen (secondary N) is 1. The number of aryl methyl sites for hydroxylation is 1. The fraction of sp³-hybridized carbons (Fsp3) is 0.200. The Morgan fingerprint density at radius 2 is 1.81 bits per heavy atom. The molecule has 0 aliphatic rings. The van der Waals surface area contributed by atoms with Gasteiger partial charge >= 0.3 is 0 Å². The number of aromatic amines is 1. The minimum Gasteiger partial charge on any atom is -0.341 e. The first-order valence-electron chi connectivity index (χ1n) is 6.38. The molecule has 0 saturated heterocycles. The molecule has 3 aromatic rings. The summed E-state index contributed by atoms with van der Waals surface area (Å²) in [6, 6.07) is 10.5. The monoisotopic (exact) mass is 324 g/mol. The van der Waals surface area contributed by atoms with Crippen LogP contribution in [0.4, 0.5) is 0 Å². The van der Waals surface area contributed by atoms with Gasteiger partial charge in [0.15, 0.2) is 5.65 Å². The first-order chi connectivity index (χ1) is 9.26. The highest BCUT2D eigenvalue weighted by Gasteiger charge is 2.04. The average Bonchev–Trinajstić information content (AvgIpc) is 2.79. The third-order valence-electron chi connectivity index (χ3n) is 3.18. The fourth-order valence-electron chi connectivity index (χ4n) is 2.21. The molecule has 2 heterocycles. The van der Waals surface area contributed by atoms with Crippen LogP contribution in [0, 0.1) is 6.92 Å². The number of halogens is 2. The smallest absolute Gasteiger partial charge is 0.177 e. The van der Waals surface area contributed by atoms with Crippen molar-refractivity contribution in [3.63, 3.8) is 0 Å². The maximum absolute atomic E-state index is 5.55. The highest BCUT2D eigenvalue weighted by Crippen LogP contribution is 2.22. The quantitative estimate of drug-likeness (QED) is 0.776. The summed E-state index contributed by atoms with van der Waals surface area (Å²) in [5, 5.41) is 0. The van der Waals surface area contributed by atoms with E-state index in [2.05, 4.69) is 45.3 Å². The number of nitrogens with two attached hydrogens (primary N) is 1. The molecule has 3 rings (SSSR count). The number of nitrogens with zero attached hydrogens (tertiary/aromatic N) is 2. The number of hydrogen-bond acceptors (Lipinski definition) is 3. The van der Waals surface area contributed by atoms with Crippen LogP contribution in [-0.4, -0.2) is 21.5 Å². The van der Waals surface area contributed by atoms with E-state index in [1.807, 2.05) is 13.1 Å². The fourth-order valence-corrected chi connectivity index (χ4v) is 2.21. The summed E-state index contributed by atoms with van der Waals surface area (Å²) in [4.78, 5) is 11.9. The zero-order chi connectivity index (χ0) is 13.2. The SMILES string of the molecule is Cc1nc2ncc(-c3ccc(CCN)cc3)cc2[nH]1.Cl.Cl. The lowest BCUT2D eigenvalue weighted by Gasteiger charge is -2.03. The maximum Gasteiger partial charge on any atom is 0.177 e. The number of H-pyrrole nitrogens is 1. The summed E-state index contributed by atoms with van der Waals surface area (Å²) in [6.45, 7) is 2.61. The van der Waals surface area contributed by atoms with E-state index >= 15 is 0 Å². The Bertz CT molecular complexity index is 707. The molecule has 112 valence electrons. The van der Waals surface area contributed by atoms with Crippen molar-refractivity contribution in [2.24, 2.45) is 5.73 Å². The van der Waals surface area contributed by atoms with Gasteiger partial charge in [0, 0.05) is 11.8 Å². The number of aromatic nitrogens is 3. The molecular weight excluding hydrogens is 307 g/mol. The van der Waals surface area contributed by atoms with Gasteiger partial charge in [0.25, 0.3) is 0 Å². The molecule has 0 bridgehead atoms. The minimum atomic E-state index is 0. The number of rotatable bonds is 3. The Labute approximate surface area is 136 Å². The molecule has 0 aliphatic carbocycles. The summed E-state index contributed by atoms with van der Waals surface area (Å²) in [5.74, 6) is 0.887. The van der Waals surface area contributed by atoms with Crippen molar-refractivity contribution in [2.75, 3.05) is 6.54 Å². The summed E-state index contributed by atoms with van der Waals surface area (Å²) < 4.78 is 0. The number of hydrogen-bond donors (Lipinski definition) is 2. The summed E-state index contributed by atoms with van der Waals surface area (Å²) >= 11 is 0. The lowest BCUT2D eigenvalue weighted by Crippen LogP contribution is -2.02. The van der Waals surface area contributed by atoms with Crippen molar-refractivity contribution < 1.29 is 0 Å².